The maximum absolute atomic E-state index is 12.9. The van der Waals surface area contributed by atoms with Crippen LogP contribution in [0, 0.1) is 6.92 Å². The van der Waals surface area contributed by atoms with E-state index in [-0.39, 0.29) is 5.91 Å². The molecular weight excluding hydrogens is 444 g/mol. The summed E-state index contributed by atoms with van der Waals surface area (Å²) in [5, 5.41) is 5.90. The van der Waals surface area contributed by atoms with E-state index in [2.05, 4.69) is 10.5 Å². The number of ether oxygens (including phenoxy) is 3. The molecule has 176 valence electrons. The van der Waals surface area contributed by atoms with Crippen molar-refractivity contribution in [3.63, 3.8) is 0 Å². The van der Waals surface area contributed by atoms with E-state index in [1.54, 1.807) is 36.4 Å². The molecule has 0 bridgehead atoms. The second-order valence-corrected chi connectivity index (χ2v) is 7.67. The van der Waals surface area contributed by atoms with Gasteiger partial charge < -0.3 is 14.2 Å². The molecule has 4 aromatic rings. The number of carbonyl (C=O) groups excluding carboxylic acids is 2. The molecular formula is C28H24N2O5. The van der Waals surface area contributed by atoms with Crippen LogP contribution < -0.4 is 19.6 Å². The minimum atomic E-state index is -0.570. The van der Waals surface area contributed by atoms with Gasteiger partial charge >= 0.3 is 5.97 Å². The van der Waals surface area contributed by atoms with Crippen LogP contribution in [0.15, 0.2) is 84.0 Å². The molecule has 0 radical (unpaired) electrons. The van der Waals surface area contributed by atoms with Gasteiger partial charge in [-0.2, -0.15) is 5.10 Å². The van der Waals surface area contributed by atoms with Crippen molar-refractivity contribution in [1.29, 1.82) is 0 Å². The van der Waals surface area contributed by atoms with Crippen LogP contribution in [-0.4, -0.2) is 32.3 Å². The van der Waals surface area contributed by atoms with Gasteiger partial charge in [-0.3, -0.25) is 4.79 Å². The first-order valence-corrected chi connectivity index (χ1v) is 10.9. The zero-order valence-electron chi connectivity index (χ0n) is 19.6. The Morgan fingerprint density at radius 2 is 1.54 bits per heavy atom. The molecule has 0 unspecified atom stereocenters. The Kier molecular flexibility index (Phi) is 7.07. The van der Waals surface area contributed by atoms with Gasteiger partial charge in [0.1, 0.15) is 5.75 Å². The van der Waals surface area contributed by atoms with Crippen molar-refractivity contribution >= 4 is 28.9 Å². The number of aryl methyl sites for hydroxylation is 1. The number of hydrogen-bond donors (Lipinski definition) is 1. The lowest BCUT2D eigenvalue weighted by Crippen LogP contribution is -2.18. The predicted octanol–water partition coefficient (Wildman–Crippen LogP) is 5.15. The molecule has 0 saturated carbocycles. The number of hydrazone groups is 1. The third-order valence-corrected chi connectivity index (χ3v) is 5.50. The number of fused-ring (bicyclic) bond motifs is 1. The van der Waals surface area contributed by atoms with Gasteiger partial charge in [-0.05, 0) is 53.6 Å². The van der Waals surface area contributed by atoms with Crippen LogP contribution in [0.25, 0.3) is 10.8 Å². The molecule has 7 nitrogen and oxygen atoms in total. The normalized spacial score (nSPS) is 10.8. The van der Waals surface area contributed by atoms with Crippen molar-refractivity contribution in [3.05, 3.63) is 101 Å². The third-order valence-electron chi connectivity index (χ3n) is 5.50. The summed E-state index contributed by atoms with van der Waals surface area (Å²) in [4.78, 5) is 25.5. The summed E-state index contributed by atoms with van der Waals surface area (Å²) >= 11 is 0. The lowest BCUT2D eigenvalue weighted by atomic mass is 10.0. The fourth-order valence-corrected chi connectivity index (χ4v) is 3.66. The molecule has 4 rings (SSSR count). The van der Waals surface area contributed by atoms with Crippen LogP contribution in [0.1, 0.15) is 31.8 Å². The number of rotatable bonds is 7. The average Bonchev–Trinajstić information content (AvgIpc) is 2.89. The van der Waals surface area contributed by atoms with Gasteiger partial charge in [0.05, 0.1) is 26.0 Å². The maximum Gasteiger partial charge on any atom is 0.343 e. The van der Waals surface area contributed by atoms with E-state index in [0.29, 0.717) is 33.9 Å². The molecule has 7 heteroatoms. The van der Waals surface area contributed by atoms with Gasteiger partial charge in [-0.15, -0.1) is 0 Å². The van der Waals surface area contributed by atoms with E-state index in [1.807, 2.05) is 49.4 Å². The van der Waals surface area contributed by atoms with Crippen molar-refractivity contribution in [2.75, 3.05) is 14.2 Å². The van der Waals surface area contributed by atoms with Crippen molar-refractivity contribution in [3.8, 4) is 17.2 Å². The van der Waals surface area contributed by atoms with Gasteiger partial charge in [0.2, 0.25) is 0 Å². The Morgan fingerprint density at radius 3 is 2.31 bits per heavy atom. The van der Waals surface area contributed by atoms with Crippen LogP contribution in [0.5, 0.6) is 17.2 Å². The number of benzene rings is 4. The summed E-state index contributed by atoms with van der Waals surface area (Å²) in [6, 6.07) is 23.2. The summed E-state index contributed by atoms with van der Waals surface area (Å²) < 4.78 is 16.3. The van der Waals surface area contributed by atoms with Crippen molar-refractivity contribution in [1.82, 2.24) is 5.43 Å². The lowest BCUT2D eigenvalue weighted by molar-refractivity contribution is 0.0734. The first kappa shape index (κ1) is 23.5. The molecule has 0 spiro atoms. The first-order chi connectivity index (χ1) is 17.0. The molecule has 0 aliphatic carbocycles. The predicted molar refractivity (Wildman–Crippen MR) is 135 cm³/mol. The molecule has 4 aromatic carbocycles. The summed E-state index contributed by atoms with van der Waals surface area (Å²) in [5.74, 6) is 0.328. The van der Waals surface area contributed by atoms with Crippen LogP contribution in [0.2, 0.25) is 0 Å². The Bertz CT molecular complexity index is 1430. The minimum absolute atomic E-state index is 0.298. The number of nitrogens with one attached hydrogen (secondary N) is 1. The number of carbonyl (C=O) groups is 2. The third kappa shape index (κ3) is 5.14. The fraction of sp³-hybridized carbons (Fsp3) is 0.107. The number of esters is 1. The smallest absolute Gasteiger partial charge is 0.343 e. The van der Waals surface area contributed by atoms with Gasteiger partial charge in [0.25, 0.3) is 5.91 Å². The maximum atomic E-state index is 12.9. The fourth-order valence-electron chi connectivity index (χ4n) is 3.66. The first-order valence-electron chi connectivity index (χ1n) is 10.9. The largest absolute Gasteiger partial charge is 0.493 e. The summed E-state index contributed by atoms with van der Waals surface area (Å²) in [6.45, 7) is 1.86. The highest BCUT2D eigenvalue weighted by molar-refractivity contribution is 6.04. The number of hydrogen-bond acceptors (Lipinski definition) is 6. The van der Waals surface area contributed by atoms with Crippen LogP contribution in [-0.2, 0) is 0 Å². The van der Waals surface area contributed by atoms with Crippen LogP contribution >= 0.6 is 0 Å². The monoisotopic (exact) mass is 468 g/mol. The Balaban J connectivity index is 1.64. The number of nitrogens with zero attached hydrogens (tertiary/aromatic N) is 1. The molecule has 1 amide bonds. The summed E-state index contributed by atoms with van der Waals surface area (Å²) in [6.07, 6.45) is 1.48. The number of methoxy groups -OCH3 is 2. The highest BCUT2D eigenvalue weighted by Crippen LogP contribution is 2.30. The molecule has 0 aliphatic heterocycles. The molecule has 0 atom stereocenters. The standard InChI is InChI=1S/C28H24N2O5/c1-18-8-4-6-10-21(18)27(31)30-29-17-23-22-11-7-5-9-19(22)12-14-24(23)35-28(32)20-13-15-25(33-2)26(16-20)34-3/h4-17H,1-3H3,(H,30,31)/b29-17+. The quantitative estimate of drug-likeness (QED) is 0.175. The topological polar surface area (TPSA) is 86.2 Å². The van der Waals surface area contributed by atoms with E-state index >= 15 is 0 Å². The highest BCUT2D eigenvalue weighted by Gasteiger charge is 2.16. The highest BCUT2D eigenvalue weighted by atomic mass is 16.5. The van der Waals surface area contributed by atoms with Crippen molar-refractivity contribution < 1.29 is 23.8 Å². The van der Waals surface area contributed by atoms with E-state index in [0.717, 1.165) is 16.3 Å². The van der Waals surface area contributed by atoms with Gasteiger partial charge in [0, 0.05) is 11.1 Å². The summed E-state index contributed by atoms with van der Waals surface area (Å²) in [7, 11) is 3.02. The summed E-state index contributed by atoms with van der Waals surface area (Å²) in [5.41, 5.74) is 4.78. The van der Waals surface area contributed by atoms with Crippen LogP contribution in [0.4, 0.5) is 0 Å². The van der Waals surface area contributed by atoms with E-state index < -0.39 is 5.97 Å². The van der Waals surface area contributed by atoms with E-state index in [1.165, 1.54) is 20.4 Å². The molecule has 1 N–H and O–H groups in total. The second-order valence-electron chi connectivity index (χ2n) is 7.67. The molecule has 35 heavy (non-hydrogen) atoms. The van der Waals surface area contributed by atoms with Crippen molar-refractivity contribution in [2.45, 2.75) is 6.92 Å². The molecule has 0 heterocycles. The van der Waals surface area contributed by atoms with Gasteiger partial charge in [-0.1, -0.05) is 48.5 Å². The molecule has 0 saturated heterocycles. The molecule has 0 aliphatic rings. The van der Waals surface area contributed by atoms with E-state index in [9.17, 15) is 9.59 Å². The van der Waals surface area contributed by atoms with Gasteiger partial charge in [-0.25, -0.2) is 10.2 Å². The Labute approximate surface area is 202 Å². The molecule has 0 aromatic heterocycles. The minimum Gasteiger partial charge on any atom is -0.493 e. The van der Waals surface area contributed by atoms with E-state index in [4.69, 9.17) is 14.2 Å². The average molecular weight is 469 g/mol. The van der Waals surface area contributed by atoms with Crippen LogP contribution in [0.3, 0.4) is 0 Å². The molecule has 0 fully saturated rings. The Morgan fingerprint density at radius 1 is 0.829 bits per heavy atom. The Hall–Kier alpha value is -4.65. The number of amides is 1. The lowest BCUT2D eigenvalue weighted by Gasteiger charge is -2.12. The second kappa shape index (κ2) is 10.5. The zero-order chi connectivity index (χ0) is 24.8. The van der Waals surface area contributed by atoms with Gasteiger partial charge in [0.15, 0.2) is 11.5 Å². The SMILES string of the molecule is COc1ccc(C(=O)Oc2ccc3ccccc3c2/C=N/NC(=O)c2ccccc2C)cc1OC. The van der Waals surface area contributed by atoms with Crippen molar-refractivity contribution in [2.24, 2.45) is 5.10 Å². The zero-order valence-corrected chi connectivity index (χ0v) is 19.6.